The van der Waals surface area contributed by atoms with Gasteiger partial charge in [-0.15, -0.1) is 0 Å². The first kappa shape index (κ1) is 15.2. The molecule has 3 nitrogen and oxygen atoms in total. The van der Waals surface area contributed by atoms with Crippen LogP contribution in [0.1, 0.15) is 27.0 Å². The van der Waals surface area contributed by atoms with E-state index < -0.39 is 6.10 Å². The molecule has 0 aliphatic carbocycles. The minimum absolute atomic E-state index is 0.0748. The highest BCUT2D eigenvalue weighted by atomic mass is 32.2. The summed E-state index contributed by atoms with van der Waals surface area (Å²) in [7, 11) is 0. The first-order valence-electron chi connectivity index (χ1n) is 5.93. The molecule has 0 saturated heterocycles. The van der Waals surface area contributed by atoms with Crippen LogP contribution in [0.3, 0.4) is 0 Å². The average Bonchev–Trinajstić information content (AvgIpc) is 2.33. The normalized spacial score (nSPS) is 12.5. The molecular weight excluding hydrogens is 248 g/mol. The number of carbonyl (C=O) groups is 1. The smallest absolute Gasteiger partial charge is 0.172 e. The maximum Gasteiger partial charge on any atom is 0.172 e. The van der Waals surface area contributed by atoms with E-state index in [1.807, 2.05) is 32.9 Å². The van der Waals surface area contributed by atoms with Gasteiger partial charge in [0.25, 0.3) is 0 Å². The summed E-state index contributed by atoms with van der Waals surface area (Å²) in [6, 6.07) is 3.95. The molecule has 1 aromatic carbocycles. The number of carbonyl (C=O) groups excluding carboxylic acids is 1. The van der Waals surface area contributed by atoms with Gasteiger partial charge in [0.15, 0.2) is 5.78 Å². The molecule has 0 amide bonds. The van der Waals surface area contributed by atoms with E-state index in [0.717, 1.165) is 16.7 Å². The Morgan fingerprint density at radius 3 is 2.44 bits per heavy atom. The lowest BCUT2D eigenvalue weighted by Crippen LogP contribution is -2.16. The molecule has 4 heteroatoms. The van der Waals surface area contributed by atoms with Crippen molar-refractivity contribution in [2.24, 2.45) is 0 Å². The van der Waals surface area contributed by atoms with Crippen molar-refractivity contribution in [3.05, 3.63) is 34.4 Å². The summed E-state index contributed by atoms with van der Waals surface area (Å²) < 4.78 is 0. The molecule has 2 N–H and O–H groups in total. The summed E-state index contributed by atoms with van der Waals surface area (Å²) in [5, 5.41) is 17.9. The summed E-state index contributed by atoms with van der Waals surface area (Å²) in [5.74, 6) is 0.790. The predicted molar refractivity (Wildman–Crippen MR) is 75.4 cm³/mol. The van der Waals surface area contributed by atoms with E-state index >= 15 is 0 Å². The number of rotatable bonds is 6. The van der Waals surface area contributed by atoms with Crippen molar-refractivity contribution in [2.75, 3.05) is 18.1 Å². The van der Waals surface area contributed by atoms with Crippen LogP contribution in [0.2, 0.25) is 0 Å². The lowest BCUT2D eigenvalue weighted by molar-refractivity contribution is 0.102. The number of benzene rings is 1. The molecule has 0 radical (unpaired) electrons. The fourth-order valence-electron chi connectivity index (χ4n) is 1.68. The number of thioether (sulfide) groups is 1. The van der Waals surface area contributed by atoms with Gasteiger partial charge >= 0.3 is 0 Å². The lowest BCUT2D eigenvalue weighted by atomic mass is 9.99. The van der Waals surface area contributed by atoms with Crippen molar-refractivity contribution in [3.8, 4) is 0 Å². The van der Waals surface area contributed by atoms with Crippen LogP contribution >= 0.6 is 11.8 Å². The average molecular weight is 268 g/mol. The minimum Gasteiger partial charge on any atom is -0.394 e. The number of hydrogen-bond donors (Lipinski definition) is 2. The maximum atomic E-state index is 12.0. The fourth-order valence-corrected chi connectivity index (χ4v) is 2.52. The Labute approximate surface area is 112 Å². The van der Waals surface area contributed by atoms with Gasteiger partial charge in [-0.1, -0.05) is 6.07 Å². The molecule has 0 heterocycles. The molecule has 0 bridgehead atoms. The molecule has 1 aromatic rings. The van der Waals surface area contributed by atoms with E-state index in [2.05, 4.69) is 0 Å². The van der Waals surface area contributed by atoms with Gasteiger partial charge in [0.2, 0.25) is 0 Å². The first-order valence-corrected chi connectivity index (χ1v) is 7.09. The molecule has 18 heavy (non-hydrogen) atoms. The Kier molecular flexibility index (Phi) is 5.85. The van der Waals surface area contributed by atoms with Crippen molar-refractivity contribution in [1.29, 1.82) is 0 Å². The zero-order chi connectivity index (χ0) is 13.7. The number of aliphatic hydroxyl groups excluding tert-OH is 2. The number of Topliss-reactive ketones (excluding diaryl/α,β-unsaturated/α-hetero) is 1. The van der Waals surface area contributed by atoms with Crippen LogP contribution in [0, 0.1) is 20.8 Å². The fraction of sp³-hybridized carbons (Fsp3) is 0.500. The third-order valence-electron chi connectivity index (χ3n) is 2.90. The molecule has 0 aliphatic heterocycles. The Hall–Kier alpha value is -0.840. The Balaban J connectivity index is 2.64. The van der Waals surface area contributed by atoms with Gasteiger partial charge in [0.05, 0.1) is 18.5 Å². The largest absolute Gasteiger partial charge is 0.394 e. The summed E-state index contributed by atoms with van der Waals surface area (Å²) in [6.07, 6.45) is -0.747. The van der Waals surface area contributed by atoms with Gasteiger partial charge in [-0.25, -0.2) is 0 Å². The van der Waals surface area contributed by atoms with E-state index in [1.54, 1.807) is 0 Å². The third kappa shape index (κ3) is 4.12. The van der Waals surface area contributed by atoms with Crippen molar-refractivity contribution < 1.29 is 15.0 Å². The van der Waals surface area contributed by atoms with Gasteiger partial charge in [-0.05, 0) is 43.5 Å². The Morgan fingerprint density at radius 2 is 1.83 bits per heavy atom. The number of ketones is 1. The number of aliphatic hydroxyl groups is 2. The monoisotopic (exact) mass is 268 g/mol. The van der Waals surface area contributed by atoms with Crippen molar-refractivity contribution in [2.45, 2.75) is 26.9 Å². The van der Waals surface area contributed by atoms with Crippen LogP contribution in [0.15, 0.2) is 12.1 Å². The summed E-state index contributed by atoms with van der Waals surface area (Å²) in [4.78, 5) is 12.0. The highest BCUT2D eigenvalue weighted by molar-refractivity contribution is 8.00. The molecule has 1 atom stereocenters. The van der Waals surface area contributed by atoms with Crippen LogP contribution in [0.5, 0.6) is 0 Å². The summed E-state index contributed by atoms with van der Waals surface area (Å²) in [6.45, 7) is 5.70. The van der Waals surface area contributed by atoms with Gasteiger partial charge in [-0.2, -0.15) is 11.8 Å². The highest BCUT2D eigenvalue weighted by Gasteiger charge is 2.11. The minimum atomic E-state index is -0.747. The number of aryl methyl sites for hydroxylation is 3. The zero-order valence-electron chi connectivity index (χ0n) is 11.1. The van der Waals surface area contributed by atoms with E-state index in [0.29, 0.717) is 11.5 Å². The van der Waals surface area contributed by atoms with E-state index in [-0.39, 0.29) is 12.4 Å². The van der Waals surface area contributed by atoms with Gasteiger partial charge in [0.1, 0.15) is 0 Å². The predicted octanol–water partition coefficient (Wildman–Crippen LogP) is 1.88. The molecule has 0 aromatic heterocycles. The molecule has 0 saturated carbocycles. The second-order valence-corrected chi connectivity index (χ2v) is 5.56. The quantitative estimate of drug-likeness (QED) is 0.774. The molecule has 100 valence electrons. The van der Waals surface area contributed by atoms with Crippen molar-refractivity contribution in [1.82, 2.24) is 0 Å². The summed E-state index contributed by atoms with van der Waals surface area (Å²) >= 11 is 1.35. The van der Waals surface area contributed by atoms with Gasteiger partial charge in [-0.3, -0.25) is 4.79 Å². The van der Waals surface area contributed by atoms with Gasteiger partial charge in [0, 0.05) is 11.3 Å². The SMILES string of the molecule is Cc1cc(C)c(C(=O)CSCC(O)CO)cc1C. The molecule has 0 spiro atoms. The van der Waals surface area contributed by atoms with E-state index in [4.69, 9.17) is 5.11 Å². The van der Waals surface area contributed by atoms with Gasteiger partial charge < -0.3 is 10.2 Å². The molecule has 1 unspecified atom stereocenters. The van der Waals surface area contributed by atoms with Crippen molar-refractivity contribution in [3.63, 3.8) is 0 Å². The second kappa shape index (κ2) is 6.92. The van der Waals surface area contributed by atoms with Crippen LogP contribution < -0.4 is 0 Å². The Bertz CT molecular complexity index is 429. The second-order valence-electron chi connectivity index (χ2n) is 4.53. The van der Waals surface area contributed by atoms with Crippen molar-refractivity contribution >= 4 is 17.5 Å². The molecular formula is C14H20O3S. The van der Waals surface area contributed by atoms with Crippen LogP contribution in [0.25, 0.3) is 0 Å². The standard InChI is InChI=1S/C14H20O3S/c1-9-4-11(3)13(5-10(9)2)14(17)8-18-7-12(16)6-15/h4-5,12,15-16H,6-8H2,1-3H3. The van der Waals surface area contributed by atoms with Crippen LogP contribution in [-0.4, -0.2) is 40.2 Å². The molecule has 0 fully saturated rings. The lowest BCUT2D eigenvalue weighted by Gasteiger charge is -2.10. The summed E-state index contributed by atoms with van der Waals surface area (Å²) in [5.41, 5.74) is 4.05. The van der Waals surface area contributed by atoms with E-state index in [1.165, 1.54) is 17.3 Å². The topological polar surface area (TPSA) is 57.5 Å². The first-order chi connectivity index (χ1) is 8.45. The number of hydrogen-bond acceptors (Lipinski definition) is 4. The van der Waals surface area contributed by atoms with Crippen LogP contribution in [0.4, 0.5) is 0 Å². The molecule has 1 rings (SSSR count). The maximum absolute atomic E-state index is 12.0. The molecule has 0 aliphatic rings. The highest BCUT2D eigenvalue weighted by Crippen LogP contribution is 2.17. The zero-order valence-corrected chi connectivity index (χ0v) is 11.9. The van der Waals surface area contributed by atoms with E-state index in [9.17, 15) is 9.90 Å². The van der Waals surface area contributed by atoms with Crippen LogP contribution in [-0.2, 0) is 0 Å². The Morgan fingerprint density at radius 1 is 1.22 bits per heavy atom. The third-order valence-corrected chi connectivity index (χ3v) is 3.98.